The standard InChI is InChI=1S/C19H18N2O7/c1-19(11-3-5-13-15(9-11)27-8-7-26-13)17(23)21(18(24)20-19)10-12-4-6-14(28-12)16(22)25-2/h3-6,9H,7-8,10H2,1-2H3,(H,20,24)/t19-/m1/s1. The normalized spacial score (nSPS) is 20.9. The van der Waals surface area contributed by atoms with Crippen LogP contribution in [0.4, 0.5) is 4.79 Å². The van der Waals surface area contributed by atoms with Gasteiger partial charge in [0.25, 0.3) is 5.91 Å². The van der Waals surface area contributed by atoms with Crippen LogP contribution in [0.5, 0.6) is 11.5 Å². The zero-order chi connectivity index (χ0) is 19.9. The molecule has 9 heteroatoms. The lowest BCUT2D eigenvalue weighted by Gasteiger charge is -2.25. The minimum atomic E-state index is -1.26. The number of imide groups is 1. The molecule has 0 unspecified atom stereocenters. The molecule has 28 heavy (non-hydrogen) atoms. The van der Waals surface area contributed by atoms with Gasteiger partial charge < -0.3 is 23.9 Å². The number of urea groups is 1. The molecule has 3 heterocycles. The summed E-state index contributed by atoms with van der Waals surface area (Å²) >= 11 is 0. The van der Waals surface area contributed by atoms with Gasteiger partial charge in [0, 0.05) is 0 Å². The van der Waals surface area contributed by atoms with Gasteiger partial charge in [0.1, 0.15) is 24.5 Å². The van der Waals surface area contributed by atoms with Crippen LogP contribution in [0, 0.1) is 0 Å². The van der Waals surface area contributed by atoms with Crippen LogP contribution in [-0.4, -0.2) is 43.1 Å². The number of benzene rings is 1. The van der Waals surface area contributed by atoms with E-state index in [2.05, 4.69) is 10.1 Å². The Morgan fingerprint density at radius 3 is 2.68 bits per heavy atom. The van der Waals surface area contributed by atoms with Crippen LogP contribution in [0.2, 0.25) is 0 Å². The van der Waals surface area contributed by atoms with Crippen molar-refractivity contribution in [3.05, 3.63) is 47.4 Å². The molecule has 3 amide bonds. The van der Waals surface area contributed by atoms with Crippen molar-refractivity contribution in [1.82, 2.24) is 10.2 Å². The molecule has 1 aromatic heterocycles. The maximum atomic E-state index is 13.0. The van der Waals surface area contributed by atoms with Gasteiger partial charge in [0.2, 0.25) is 5.76 Å². The van der Waals surface area contributed by atoms with Gasteiger partial charge in [-0.15, -0.1) is 0 Å². The Labute approximate surface area is 160 Å². The second-order valence-corrected chi connectivity index (χ2v) is 6.56. The zero-order valence-electron chi connectivity index (χ0n) is 15.3. The first-order chi connectivity index (χ1) is 13.4. The SMILES string of the molecule is COC(=O)c1ccc(CN2C(=O)N[C@](C)(c3ccc4c(c3)OCCO4)C2=O)o1. The molecule has 0 radical (unpaired) electrons. The predicted octanol–water partition coefficient (Wildman–Crippen LogP) is 1.80. The topological polar surface area (TPSA) is 107 Å². The van der Waals surface area contributed by atoms with Crippen LogP contribution >= 0.6 is 0 Å². The number of nitrogens with zero attached hydrogens (tertiary/aromatic N) is 1. The van der Waals surface area contributed by atoms with Crippen molar-refractivity contribution < 1.29 is 33.0 Å². The van der Waals surface area contributed by atoms with Crippen molar-refractivity contribution in [3.8, 4) is 11.5 Å². The predicted molar refractivity (Wildman–Crippen MR) is 93.9 cm³/mol. The molecule has 0 spiro atoms. The van der Waals surface area contributed by atoms with E-state index in [1.54, 1.807) is 25.1 Å². The highest BCUT2D eigenvalue weighted by atomic mass is 16.6. The summed E-state index contributed by atoms with van der Waals surface area (Å²) in [5, 5.41) is 2.72. The average Bonchev–Trinajstić information content (AvgIpc) is 3.26. The highest BCUT2D eigenvalue weighted by Gasteiger charge is 2.49. The molecular weight excluding hydrogens is 368 g/mol. The highest BCUT2D eigenvalue weighted by Crippen LogP contribution is 2.37. The molecule has 4 rings (SSSR count). The number of rotatable bonds is 4. The molecule has 1 atom stereocenters. The third kappa shape index (κ3) is 2.84. The number of hydrogen-bond donors (Lipinski definition) is 1. The Morgan fingerprint density at radius 2 is 1.93 bits per heavy atom. The summed E-state index contributed by atoms with van der Waals surface area (Å²) < 4.78 is 21.0. The lowest BCUT2D eigenvalue weighted by molar-refractivity contribution is -0.131. The number of fused-ring (bicyclic) bond motifs is 1. The Morgan fingerprint density at radius 1 is 1.18 bits per heavy atom. The fraction of sp³-hybridized carbons (Fsp3) is 0.316. The van der Waals surface area contributed by atoms with Crippen LogP contribution in [-0.2, 0) is 21.6 Å². The number of esters is 1. The van der Waals surface area contributed by atoms with E-state index < -0.39 is 23.4 Å². The number of methoxy groups -OCH3 is 1. The maximum Gasteiger partial charge on any atom is 0.373 e. The van der Waals surface area contributed by atoms with Crippen LogP contribution in [0.15, 0.2) is 34.7 Å². The van der Waals surface area contributed by atoms with E-state index in [0.29, 0.717) is 30.3 Å². The second kappa shape index (κ2) is 6.59. The zero-order valence-corrected chi connectivity index (χ0v) is 15.3. The number of hydrogen-bond acceptors (Lipinski definition) is 7. The van der Waals surface area contributed by atoms with E-state index in [1.807, 2.05) is 0 Å². The smallest absolute Gasteiger partial charge is 0.373 e. The number of carbonyl (C=O) groups excluding carboxylic acids is 3. The molecule has 1 saturated heterocycles. The summed E-state index contributed by atoms with van der Waals surface area (Å²) in [5.41, 5.74) is -0.683. The van der Waals surface area contributed by atoms with Crippen molar-refractivity contribution in [3.63, 3.8) is 0 Å². The Balaban J connectivity index is 1.58. The molecule has 1 fully saturated rings. The van der Waals surface area contributed by atoms with Crippen molar-refractivity contribution in [1.29, 1.82) is 0 Å². The fourth-order valence-corrected chi connectivity index (χ4v) is 3.22. The van der Waals surface area contributed by atoms with Crippen molar-refractivity contribution in [2.75, 3.05) is 20.3 Å². The summed E-state index contributed by atoms with van der Waals surface area (Å²) in [7, 11) is 1.24. The molecule has 2 aliphatic heterocycles. The Bertz CT molecular complexity index is 967. The summed E-state index contributed by atoms with van der Waals surface area (Å²) in [6, 6.07) is 7.52. The number of furan rings is 1. The first kappa shape index (κ1) is 17.9. The molecule has 0 saturated carbocycles. The molecule has 0 bridgehead atoms. The number of amides is 3. The van der Waals surface area contributed by atoms with Crippen LogP contribution in [0.25, 0.3) is 0 Å². The van der Waals surface area contributed by atoms with E-state index >= 15 is 0 Å². The van der Waals surface area contributed by atoms with E-state index in [9.17, 15) is 14.4 Å². The van der Waals surface area contributed by atoms with Gasteiger partial charge in [0.05, 0.1) is 13.7 Å². The lowest BCUT2D eigenvalue weighted by Crippen LogP contribution is -2.40. The molecule has 9 nitrogen and oxygen atoms in total. The third-order valence-electron chi connectivity index (χ3n) is 4.76. The molecule has 2 aromatic rings. The number of carbonyl (C=O) groups is 3. The maximum absolute atomic E-state index is 13.0. The van der Waals surface area contributed by atoms with Gasteiger partial charge >= 0.3 is 12.0 Å². The first-order valence-corrected chi connectivity index (χ1v) is 8.63. The van der Waals surface area contributed by atoms with E-state index in [1.165, 1.54) is 19.2 Å². The highest BCUT2D eigenvalue weighted by molar-refractivity contribution is 6.07. The quantitative estimate of drug-likeness (QED) is 0.631. The number of ether oxygens (including phenoxy) is 3. The molecule has 0 aliphatic carbocycles. The summed E-state index contributed by atoms with van der Waals surface area (Å²) in [4.78, 5) is 38.1. The molecule has 2 aliphatic rings. The summed E-state index contributed by atoms with van der Waals surface area (Å²) in [6.07, 6.45) is 0. The third-order valence-corrected chi connectivity index (χ3v) is 4.76. The van der Waals surface area contributed by atoms with Crippen molar-refractivity contribution in [2.24, 2.45) is 0 Å². The molecular formula is C19H18N2O7. The summed E-state index contributed by atoms with van der Waals surface area (Å²) in [5.74, 6) is 0.335. The van der Waals surface area contributed by atoms with Gasteiger partial charge in [-0.3, -0.25) is 9.69 Å². The van der Waals surface area contributed by atoms with Crippen LogP contribution in [0.1, 0.15) is 28.8 Å². The average molecular weight is 386 g/mol. The van der Waals surface area contributed by atoms with Crippen LogP contribution < -0.4 is 14.8 Å². The Kier molecular flexibility index (Phi) is 4.21. The van der Waals surface area contributed by atoms with Gasteiger partial charge in [-0.1, -0.05) is 6.07 Å². The van der Waals surface area contributed by atoms with Gasteiger partial charge in [-0.2, -0.15) is 0 Å². The fourth-order valence-electron chi connectivity index (χ4n) is 3.22. The minimum absolute atomic E-state index is 0.000785. The monoisotopic (exact) mass is 386 g/mol. The van der Waals surface area contributed by atoms with Gasteiger partial charge in [0.15, 0.2) is 11.5 Å². The van der Waals surface area contributed by atoms with Crippen molar-refractivity contribution in [2.45, 2.75) is 19.0 Å². The molecule has 1 aromatic carbocycles. The van der Waals surface area contributed by atoms with E-state index in [0.717, 1.165) is 4.90 Å². The van der Waals surface area contributed by atoms with E-state index in [4.69, 9.17) is 13.9 Å². The van der Waals surface area contributed by atoms with Gasteiger partial charge in [-0.05, 0) is 36.8 Å². The molecule has 146 valence electrons. The van der Waals surface area contributed by atoms with Crippen molar-refractivity contribution >= 4 is 17.9 Å². The number of nitrogens with one attached hydrogen (secondary N) is 1. The van der Waals surface area contributed by atoms with Gasteiger partial charge in [-0.25, -0.2) is 9.59 Å². The first-order valence-electron chi connectivity index (χ1n) is 8.63. The molecule has 1 N–H and O–H groups in total. The second-order valence-electron chi connectivity index (χ2n) is 6.56. The Hall–Kier alpha value is -3.49. The lowest BCUT2D eigenvalue weighted by atomic mass is 9.91. The largest absolute Gasteiger partial charge is 0.486 e. The summed E-state index contributed by atoms with van der Waals surface area (Å²) in [6.45, 7) is 2.40. The minimum Gasteiger partial charge on any atom is -0.486 e. The van der Waals surface area contributed by atoms with E-state index in [-0.39, 0.29) is 18.1 Å². The van der Waals surface area contributed by atoms with Crippen LogP contribution in [0.3, 0.4) is 0 Å².